The summed E-state index contributed by atoms with van der Waals surface area (Å²) in [5.41, 5.74) is 1.09. The zero-order chi connectivity index (χ0) is 16.4. The van der Waals surface area contributed by atoms with Gasteiger partial charge in [-0.3, -0.25) is 0 Å². The molecular weight excluding hydrogens is 339 g/mol. The standard InChI is InChI=1S/C16H10Cl2N2O3/c1-9-19-15(23-20-9)10-2-4-11(5-3-10)16(21)22-14-7-6-12(17)8-13(14)18/h2-8H,1H3. The van der Waals surface area contributed by atoms with Crippen molar-refractivity contribution in [3.63, 3.8) is 0 Å². The van der Waals surface area contributed by atoms with Crippen LogP contribution in [-0.2, 0) is 0 Å². The van der Waals surface area contributed by atoms with Crippen molar-refractivity contribution < 1.29 is 14.1 Å². The van der Waals surface area contributed by atoms with Crippen LogP contribution in [0.2, 0.25) is 10.0 Å². The maximum absolute atomic E-state index is 12.1. The fraction of sp³-hybridized carbons (Fsp3) is 0.0625. The number of carbonyl (C=O) groups is 1. The van der Waals surface area contributed by atoms with Crippen molar-refractivity contribution in [3.8, 4) is 17.2 Å². The molecule has 0 saturated heterocycles. The molecule has 0 aliphatic rings. The molecule has 0 N–H and O–H groups in total. The number of esters is 1. The molecule has 0 unspecified atom stereocenters. The third-order valence-electron chi connectivity index (χ3n) is 2.99. The highest BCUT2D eigenvalue weighted by atomic mass is 35.5. The van der Waals surface area contributed by atoms with Crippen LogP contribution in [0.5, 0.6) is 5.75 Å². The first-order valence-electron chi connectivity index (χ1n) is 6.61. The number of carbonyl (C=O) groups excluding carboxylic acids is 1. The Kier molecular flexibility index (Phi) is 4.32. The Morgan fingerprint density at radius 1 is 1.13 bits per heavy atom. The van der Waals surface area contributed by atoms with Gasteiger partial charge in [0, 0.05) is 10.6 Å². The molecule has 5 nitrogen and oxygen atoms in total. The smallest absolute Gasteiger partial charge is 0.343 e. The second-order valence-corrected chi connectivity index (χ2v) is 5.53. The quantitative estimate of drug-likeness (QED) is 0.512. The molecular formula is C16H10Cl2N2O3. The molecule has 0 atom stereocenters. The van der Waals surface area contributed by atoms with E-state index in [1.54, 1.807) is 37.3 Å². The first-order valence-corrected chi connectivity index (χ1v) is 7.36. The molecule has 2 aromatic carbocycles. The van der Waals surface area contributed by atoms with E-state index in [4.69, 9.17) is 32.5 Å². The lowest BCUT2D eigenvalue weighted by Gasteiger charge is -2.06. The number of nitrogens with zero attached hydrogens (tertiary/aromatic N) is 2. The third kappa shape index (κ3) is 3.52. The Balaban J connectivity index is 1.77. The van der Waals surface area contributed by atoms with E-state index in [0.29, 0.717) is 27.9 Å². The third-order valence-corrected chi connectivity index (χ3v) is 3.52. The van der Waals surface area contributed by atoms with Gasteiger partial charge < -0.3 is 9.26 Å². The van der Waals surface area contributed by atoms with Gasteiger partial charge in [-0.05, 0) is 49.4 Å². The van der Waals surface area contributed by atoms with Crippen LogP contribution in [0.15, 0.2) is 47.0 Å². The number of hydrogen-bond donors (Lipinski definition) is 0. The van der Waals surface area contributed by atoms with Crippen LogP contribution < -0.4 is 4.74 Å². The average Bonchev–Trinajstić information content (AvgIpc) is 2.97. The second-order valence-electron chi connectivity index (χ2n) is 4.69. The second kappa shape index (κ2) is 6.40. The maximum atomic E-state index is 12.1. The number of aromatic nitrogens is 2. The number of halogens is 2. The summed E-state index contributed by atoms with van der Waals surface area (Å²) < 4.78 is 10.3. The average molecular weight is 349 g/mol. The molecule has 7 heteroatoms. The van der Waals surface area contributed by atoms with Crippen LogP contribution in [0, 0.1) is 6.92 Å². The van der Waals surface area contributed by atoms with Gasteiger partial charge in [0.1, 0.15) is 5.75 Å². The normalized spacial score (nSPS) is 10.6. The Morgan fingerprint density at radius 2 is 1.87 bits per heavy atom. The Morgan fingerprint density at radius 3 is 2.48 bits per heavy atom. The summed E-state index contributed by atoms with van der Waals surface area (Å²) in [5.74, 6) is 0.657. The van der Waals surface area contributed by atoms with Gasteiger partial charge in [-0.25, -0.2) is 4.79 Å². The van der Waals surface area contributed by atoms with E-state index in [9.17, 15) is 4.79 Å². The lowest BCUT2D eigenvalue weighted by Crippen LogP contribution is -2.08. The molecule has 0 amide bonds. The van der Waals surface area contributed by atoms with Crippen LogP contribution in [0.1, 0.15) is 16.2 Å². The van der Waals surface area contributed by atoms with Gasteiger partial charge in [0.05, 0.1) is 10.6 Å². The van der Waals surface area contributed by atoms with E-state index in [1.165, 1.54) is 12.1 Å². The maximum Gasteiger partial charge on any atom is 0.343 e. The van der Waals surface area contributed by atoms with E-state index in [1.807, 2.05) is 0 Å². The minimum absolute atomic E-state index is 0.248. The SMILES string of the molecule is Cc1noc(-c2ccc(C(=O)Oc3ccc(Cl)cc3Cl)cc2)n1. The lowest BCUT2D eigenvalue weighted by molar-refractivity contribution is 0.0735. The van der Waals surface area contributed by atoms with Crippen molar-refractivity contribution in [1.82, 2.24) is 10.1 Å². The van der Waals surface area contributed by atoms with Crippen molar-refractivity contribution in [2.24, 2.45) is 0 Å². The molecule has 3 rings (SSSR count). The summed E-state index contributed by atoms with van der Waals surface area (Å²) in [6.07, 6.45) is 0. The van der Waals surface area contributed by atoms with Gasteiger partial charge in [0.2, 0.25) is 0 Å². The molecule has 23 heavy (non-hydrogen) atoms. The summed E-state index contributed by atoms with van der Waals surface area (Å²) in [7, 11) is 0. The van der Waals surface area contributed by atoms with Crippen LogP contribution in [0.3, 0.4) is 0 Å². The predicted molar refractivity (Wildman–Crippen MR) is 85.9 cm³/mol. The van der Waals surface area contributed by atoms with Gasteiger partial charge in [0.15, 0.2) is 5.82 Å². The molecule has 0 spiro atoms. The topological polar surface area (TPSA) is 65.2 Å². The Labute approximate surface area is 141 Å². The number of hydrogen-bond acceptors (Lipinski definition) is 5. The zero-order valence-electron chi connectivity index (χ0n) is 11.9. The minimum Gasteiger partial charge on any atom is -0.421 e. The van der Waals surface area contributed by atoms with E-state index in [-0.39, 0.29) is 10.8 Å². The fourth-order valence-electron chi connectivity index (χ4n) is 1.88. The lowest BCUT2D eigenvalue weighted by atomic mass is 10.1. The molecule has 0 aliphatic heterocycles. The monoisotopic (exact) mass is 348 g/mol. The largest absolute Gasteiger partial charge is 0.421 e. The highest BCUT2D eigenvalue weighted by molar-refractivity contribution is 6.35. The van der Waals surface area contributed by atoms with Crippen LogP contribution in [0.4, 0.5) is 0 Å². The van der Waals surface area contributed by atoms with Crippen molar-refractivity contribution in [1.29, 1.82) is 0 Å². The van der Waals surface area contributed by atoms with Gasteiger partial charge >= 0.3 is 5.97 Å². The van der Waals surface area contributed by atoms with Crippen molar-refractivity contribution in [3.05, 3.63) is 63.9 Å². The molecule has 0 saturated carbocycles. The molecule has 0 aliphatic carbocycles. The molecule has 1 aromatic heterocycles. The summed E-state index contributed by atoms with van der Waals surface area (Å²) in [4.78, 5) is 16.3. The molecule has 0 fully saturated rings. The number of rotatable bonds is 3. The van der Waals surface area contributed by atoms with Crippen molar-refractivity contribution >= 4 is 29.2 Å². The summed E-state index contributed by atoms with van der Waals surface area (Å²) >= 11 is 11.8. The number of aryl methyl sites for hydroxylation is 1. The molecule has 1 heterocycles. The van der Waals surface area contributed by atoms with E-state index in [0.717, 1.165) is 0 Å². The predicted octanol–water partition coefficient (Wildman–Crippen LogP) is 4.57. The summed E-state index contributed by atoms with van der Waals surface area (Å²) in [5, 5.41) is 4.45. The van der Waals surface area contributed by atoms with Gasteiger partial charge in [-0.15, -0.1) is 0 Å². The van der Waals surface area contributed by atoms with Gasteiger partial charge in [-0.1, -0.05) is 28.4 Å². The minimum atomic E-state index is -0.525. The van der Waals surface area contributed by atoms with Crippen LogP contribution in [-0.4, -0.2) is 16.1 Å². The van der Waals surface area contributed by atoms with Crippen molar-refractivity contribution in [2.45, 2.75) is 6.92 Å². The first-order chi connectivity index (χ1) is 11.0. The van der Waals surface area contributed by atoms with Crippen LogP contribution >= 0.6 is 23.2 Å². The Hall–Kier alpha value is -2.37. The molecule has 3 aromatic rings. The van der Waals surface area contributed by atoms with E-state index >= 15 is 0 Å². The number of benzene rings is 2. The summed E-state index contributed by atoms with van der Waals surface area (Å²) in [6, 6.07) is 11.3. The Bertz CT molecular complexity index is 860. The molecule has 116 valence electrons. The zero-order valence-corrected chi connectivity index (χ0v) is 13.4. The van der Waals surface area contributed by atoms with Gasteiger partial charge in [-0.2, -0.15) is 4.98 Å². The van der Waals surface area contributed by atoms with Crippen LogP contribution in [0.25, 0.3) is 11.5 Å². The fourth-order valence-corrected chi connectivity index (χ4v) is 2.33. The summed E-state index contributed by atoms with van der Waals surface area (Å²) in [6.45, 7) is 1.73. The van der Waals surface area contributed by atoms with E-state index < -0.39 is 5.97 Å². The number of ether oxygens (including phenoxy) is 1. The first kappa shape index (κ1) is 15.5. The van der Waals surface area contributed by atoms with E-state index in [2.05, 4.69) is 10.1 Å². The highest BCUT2D eigenvalue weighted by Gasteiger charge is 2.13. The highest BCUT2D eigenvalue weighted by Crippen LogP contribution is 2.28. The van der Waals surface area contributed by atoms with Crippen molar-refractivity contribution in [2.75, 3.05) is 0 Å². The molecule has 0 radical (unpaired) electrons. The van der Waals surface area contributed by atoms with Gasteiger partial charge in [0.25, 0.3) is 5.89 Å². The molecule has 0 bridgehead atoms.